The molecule has 0 aliphatic heterocycles. The van der Waals surface area contributed by atoms with Crippen LogP contribution in [0.4, 0.5) is 0 Å². The molecule has 0 unspecified atom stereocenters. The Kier molecular flexibility index (Phi) is 2.85. The van der Waals surface area contributed by atoms with Crippen LogP contribution in [0.15, 0.2) is 42.6 Å². The van der Waals surface area contributed by atoms with Gasteiger partial charge >= 0.3 is 0 Å². The Hall–Kier alpha value is -2.16. The van der Waals surface area contributed by atoms with Crippen molar-refractivity contribution in [3.63, 3.8) is 0 Å². The van der Waals surface area contributed by atoms with E-state index >= 15 is 0 Å². The predicted octanol–water partition coefficient (Wildman–Crippen LogP) is 4.03. The molecule has 3 nitrogen and oxygen atoms in total. The largest absolute Gasteiger partial charge is 0.281 e. The summed E-state index contributed by atoms with van der Waals surface area (Å²) >= 11 is 0. The van der Waals surface area contributed by atoms with Crippen molar-refractivity contribution in [3.05, 3.63) is 54.0 Å². The molecule has 0 fully saturated rings. The van der Waals surface area contributed by atoms with Gasteiger partial charge in [0, 0.05) is 6.20 Å². The van der Waals surface area contributed by atoms with Gasteiger partial charge in [0.1, 0.15) is 11.6 Å². The van der Waals surface area contributed by atoms with Crippen molar-refractivity contribution in [2.24, 2.45) is 0 Å². The molecule has 20 heavy (non-hydrogen) atoms. The fourth-order valence-corrected chi connectivity index (χ4v) is 2.40. The van der Waals surface area contributed by atoms with E-state index in [1.807, 2.05) is 31.3 Å². The SMILES string of the molecule is Cc1nc2ccccc2n1-c1ccc(C(C)(C)C)cn1. The van der Waals surface area contributed by atoms with Gasteiger partial charge in [-0.15, -0.1) is 0 Å². The molecule has 102 valence electrons. The third kappa shape index (κ3) is 2.09. The molecule has 0 radical (unpaired) electrons. The summed E-state index contributed by atoms with van der Waals surface area (Å²) in [6.07, 6.45) is 1.96. The number of nitrogens with zero attached hydrogens (tertiary/aromatic N) is 3. The van der Waals surface area contributed by atoms with Crippen molar-refractivity contribution in [2.75, 3.05) is 0 Å². The number of benzene rings is 1. The summed E-state index contributed by atoms with van der Waals surface area (Å²) < 4.78 is 2.10. The first kappa shape index (κ1) is 12.9. The van der Waals surface area contributed by atoms with E-state index in [1.54, 1.807) is 0 Å². The molecule has 0 amide bonds. The maximum Gasteiger partial charge on any atom is 0.138 e. The van der Waals surface area contributed by atoms with Gasteiger partial charge in [0.15, 0.2) is 0 Å². The zero-order valence-electron chi connectivity index (χ0n) is 12.4. The van der Waals surface area contributed by atoms with Crippen LogP contribution in [0.2, 0.25) is 0 Å². The van der Waals surface area contributed by atoms with E-state index in [0.717, 1.165) is 22.7 Å². The predicted molar refractivity (Wildman–Crippen MR) is 82.3 cm³/mol. The van der Waals surface area contributed by atoms with Crippen LogP contribution in [-0.2, 0) is 5.41 Å². The van der Waals surface area contributed by atoms with Crippen LogP contribution in [0.25, 0.3) is 16.9 Å². The molecular formula is C17H19N3. The zero-order valence-corrected chi connectivity index (χ0v) is 12.4. The smallest absolute Gasteiger partial charge is 0.138 e. The third-order valence-corrected chi connectivity index (χ3v) is 3.57. The summed E-state index contributed by atoms with van der Waals surface area (Å²) in [7, 11) is 0. The number of rotatable bonds is 1. The van der Waals surface area contributed by atoms with E-state index in [1.165, 1.54) is 5.56 Å². The van der Waals surface area contributed by atoms with E-state index in [2.05, 4.69) is 53.5 Å². The van der Waals surface area contributed by atoms with Crippen LogP contribution >= 0.6 is 0 Å². The number of imidazole rings is 1. The number of fused-ring (bicyclic) bond motifs is 1. The molecule has 3 aromatic rings. The molecule has 1 aromatic carbocycles. The van der Waals surface area contributed by atoms with E-state index in [-0.39, 0.29) is 5.41 Å². The van der Waals surface area contributed by atoms with E-state index in [4.69, 9.17) is 0 Å². The Morgan fingerprint density at radius 1 is 1.00 bits per heavy atom. The highest BCUT2D eigenvalue weighted by molar-refractivity contribution is 5.77. The highest BCUT2D eigenvalue weighted by Gasteiger charge is 2.15. The van der Waals surface area contributed by atoms with Crippen molar-refractivity contribution in [3.8, 4) is 5.82 Å². The standard InChI is InChI=1S/C17H19N3/c1-12-19-14-7-5-6-8-15(14)20(12)16-10-9-13(11-18-16)17(2,3)4/h5-11H,1-4H3. The Balaban J connectivity index is 2.14. The van der Waals surface area contributed by atoms with Crippen LogP contribution in [0.5, 0.6) is 0 Å². The molecule has 0 spiro atoms. The lowest BCUT2D eigenvalue weighted by Gasteiger charge is -2.18. The van der Waals surface area contributed by atoms with Crippen LogP contribution in [-0.4, -0.2) is 14.5 Å². The number of hydrogen-bond acceptors (Lipinski definition) is 2. The second-order valence-electron chi connectivity index (χ2n) is 6.14. The second-order valence-corrected chi connectivity index (χ2v) is 6.14. The third-order valence-electron chi connectivity index (χ3n) is 3.57. The van der Waals surface area contributed by atoms with Gasteiger partial charge in [0.2, 0.25) is 0 Å². The zero-order chi connectivity index (χ0) is 14.3. The molecule has 0 bridgehead atoms. The molecule has 0 aliphatic rings. The van der Waals surface area contributed by atoms with Crippen molar-refractivity contribution in [1.29, 1.82) is 0 Å². The summed E-state index contributed by atoms with van der Waals surface area (Å²) in [4.78, 5) is 9.21. The Morgan fingerprint density at radius 3 is 2.40 bits per heavy atom. The van der Waals surface area contributed by atoms with Crippen LogP contribution in [0.1, 0.15) is 32.2 Å². The van der Waals surface area contributed by atoms with E-state index in [9.17, 15) is 0 Å². The molecule has 2 heterocycles. The highest BCUT2D eigenvalue weighted by atomic mass is 15.1. The molecule has 0 saturated heterocycles. The maximum atomic E-state index is 4.62. The number of para-hydroxylation sites is 2. The van der Waals surface area contributed by atoms with Crippen LogP contribution < -0.4 is 0 Å². The first-order chi connectivity index (χ1) is 9.47. The summed E-state index contributed by atoms with van der Waals surface area (Å²) in [6, 6.07) is 12.4. The fraction of sp³-hybridized carbons (Fsp3) is 0.294. The van der Waals surface area contributed by atoms with Gasteiger partial charge in [0.25, 0.3) is 0 Å². The minimum atomic E-state index is 0.123. The van der Waals surface area contributed by atoms with Gasteiger partial charge in [0.05, 0.1) is 11.0 Å². The number of pyridine rings is 1. The van der Waals surface area contributed by atoms with Gasteiger partial charge < -0.3 is 0 Å². The van der Waals surface area contributed by atoms with Crippen molar-refractivity contribution in [2.45, 2.75) is 33.1 Å². The summed E-state index contributed by atoms with van der Waals surface area (Å²) in [5.41, 5.74) is 3.47. The summed E-state index contributed by atoms with van der Waals surface area (Å²) in [5.74, 6) is 1.88. The van der Waals surface area contributed by atoms with Gasteiger partial charge in [-0.25, -0.2) is 9.97 Å². The summed E-state index contributed by atoms with van der Waals surface area (Å²) in [5, 5.41) is 0. The Bertz CT molecular complexity index is 746. The van der Waals surface area contributed by atoms with Crippen molar-refractivity contribution < 1.29 is 0 Å². The minimum absolute atomic E-state index is 0.123. The quantitative estimate of drug-likeness (QED) is 0.665. The Labute approximate surface area is 119 Å². The monoisotopic (exact) mass is 265 g/mol. The highest BCUT2D eigenvalue weighted by Crippen LogP contribution is 2.24. The molecule has 2 aromatic heterocycles. The van der Waals surface area contributed by atoms with Crippen LogP contribution in [0.3, 0.4) is 0 Å². The molecule has 0 aliphatic carbocycles. The lowest BCUT2D eigenvalue weighted by atomic mass is 9.88. The molecular weight excluding hydrogens is 246 g/mol. The molecule has 3 heteroatoms. The lowest BCUT2D eigenvalue weighted by Crippen LogP contribution is -2.12. The maximum absolute atomic E-state index is 4.62. The van der Waals surface area contributed by atoms with Gasteiger partial charge in [-0.05, 0) is 36.1 Å². The first-order valence-corrected chi connectivity index (χ1v) is 6.88. The molecule has 0 saturated carbocycles. The molecule has 3 rings (SSSR count). The van der Waals surface area contributed by atoms with Gasteiger partial charge in [-0.1, -0.05) is 39.0 Å². The number of aromatic nitrogens is 3. The average Bonchev–Trinajstić information content (AvgIpc) is 2.73. The summed E-state index contributed by atoms with van der Waals surface area (Å²) in [6.45, 7) is 8.60. The lowest BCUT2D eigenvalue weighted by molar-refractivity contribution is 0.587. The topological polar surface area (TPSA) is 30.7 Å². The first-order valence-electron chi connectivity index (χ1n) is 6.88. The van der Waals surface area contributed by atoms with E-state index in [0.29, 0.717) is 0 Å². The Morgan fingerprint density at radius 2 is 1.75 bits per heavy atom. The van der Waals surface area contributed by atoms with E-state index < -0.39 is 0 Å². The van der Waals surface area contributed by atoms with Crippen molar-refractivity contribution >= 4 is 11.0 Å². The normalized spacial score (nSPS) is 12.0. The molecule has 0 atom stereocenters. The fourth-order valence-electron chi connectivity index (χ4n) is 2.40. The second kappa shape index (κ2) is 4.44. The number of hydrogen-bond donors (Lipinski definition) is 0. The van der Waals surface area contributed by atoms with Gasteiger partial charge in [-0.2, -0.15) is 0 Å². The van der Waals surface area contributed by atoms with Crippen LogP contribution in [0, 0.1) is 6.92 Å². The van der Waals surface area contributed by atoms with Gasteiger partial charge in [-0.3, -0.25) is 4.57 Å². The minimum Gasteiger partial charge on any atom is -0.281 e. The molecule has 0 N–H and O–H groups in total. The van der Waals surface area contributed by atoms with Crippen molar-refractivity contribution in [1.82, 2.24) is 14.5 Å². The average molecular weight is 265 g/mol. The number of aryl methyl sites for hydroxylation is 1.